The van der Waals surface area contributed by atoms with Crippen LogP contribution in [0.3, 0.4) is 0 Å². The van der Waals surface area contributed by atoms with Crippen molar-refractivity contribution < 1.29 is 4.74 Å². The molecular weight excluding hydrogens is 429 g/mol. The van der Waals surface area contributed by atoms with Gasteiger partial charge in [-0.3, -0.25) is 4.99 Å². The first-order valence-corrected chi connectivity index (χ1v) is 8.86. The van der Waals surface area contributed by atoms with Crippen LogP contribution in [-0.2, 0) is 11.3 Å². The molecule has 0 spiro atoms. The van der Waals surface area contributed by atoms with Crippen LogP contribution >= 0.6 is 24.0 Å². The second-order valence-electron chi connectivity index (χ2n) is 6.39. The Bertz CT molecular complexity index is 501. The van der Waals surface area contributed by atoms with E-state index in [1.54, 1.807) is 14.2 Å². The smallest absolute Gasteiger partial charge is 0.191 e. The fourth-order valence-corrected chi connectivity index (χ4v) is 2.78. The summed E-state index contributed by atoms with van der Waals surface area (Å²) in [5.74, 6) is 2.74. The van der Waals surface area contributed by atoms with Gasteiger partial charge in [0.2, 0.25) is 0 Å². The predicted octanol–water partition coefficient (Wildman–Crippen LogP) is 2.64. The number of guanidine groups is 1. The number of nitrogens with zero attached hydrogens (tertiary/aromatic N) is 3. The van der Waals surface area contributed by atoms with Crippen molar-refractivity contribution in [1.82, 2.24) is 15.6 Å². The van der Waals surface area contributed by atoms with E-state index in [0.717, 1.165) is 55.9 Å². The topological polar surface area (TPSA) is 61.8 Å². The van der Waals surface area contributed by atoms with Crippen LogP contribution in [0.1, 0.15) is 31.7 Å². The van der Waals surface area contributed by atoms with Crippen molar-refractivity contribution in [1.29, 1.82) is 0 Å². The lowest BCUT2D eigenvalue weighted by Gasteiger charge is -2.31. The Kier molecular flexibility index (Phi) is 10.8. The Morgan fingerprint density at radius 1 is 1.32 bits per heavy atom. The van der Waals surface area contributed by atoms with Gasteiger partial charge in [0, 0.05) is 53.1 Å². The van der Waals surface area contributed by atoms with Crippen LogP contribution in [0.4, 0.5) is 5.82 Å². The van der Waals surface area contributed by atoms with Gasteiger partial charge in [-0.05, 0) is 36.8 Å². The Morgan fingerprint density at radius 3 is 2.68 bits per heavy atom. The van der Waals surface area contributed by atoms with Gasteiger partial charge in [0.05, 0.1) is 0 Å². The molecule has 0 atom stereocenters. The molecular formula is C18H32IN5O. The van der Waals surface area contributed by atoms with Crippen molar-refractivity contribution in [3.05, 3.63) is 23.9 Å². The molecule has 0 aliphatic carbocycles. The number of pyridine rings is 1. The summed E-state index contributed by atoms with van der Waals surface area (Å²) in [6.07, 6.45) is 5.44. The molecule has 0 aromatic carbocycles. The number of aromatic nitrogens is 1. The molecule has 2 N–H and O–H groups in total. The standard InChI is InChI=1S/C18H31N5O.HI/c1-15-7-10-23(11-8-15)17-6-5-16(13-21-17)14-22-18(19-2)20-9-4-12-24-3;/h5-6,13,15H,4,7-12,14H2,1-3H3,(H2,19,20,22);1H. The zero-order valence-electron chi connectivity index (χ0n) is 15.6. The summed E-state index contributed by atoms with van der Waals surface area (Å²) in [4.78, 5) is 11.2. The fraction of sp³-hybridized carbons (Fsp3) is 0.667. The third-order valence-electron chi connectivity index (χ3n) is 4.42. The van der Waals surface area contributed by atoms with Gasteiger partial charge in [0.1, 0.15) is 5.82 Å². The molecule has 0 bridgehead atoms. The molecule has 1 aromatic rings. The van der Waals surface area contributed by atoms with E-state index in [1.807, 2.05) is 6.20 Å². The van der Waals surface area contributed by atoms with E-state index in [-0.39, 0.29) is 24.0 Å². The fourth-order valence-electron chi connectivity index (χ4n) is 2.78. The van der Waals surface area contributed by atoms with E-state index in [1.165, 1.54) is 12.8 Å². The molecule has 7 heteroatoms. The average Bonchev–Trinajstić information content (AvgIpc) is 2.62. The molecule has 0 radical (unpaired) electrons. The molecule has 0 amide bonds. The van der Waals surface area contributed by atoms with E-state index >= 15 is 0 Å². The van der Waals surface area contributed by atoms with Crippen molar-refractivity contribution in [3.63, 3.8) is 0 Å². The number of hydrogen-bond donors (Lipinski definition) is 2. The summed E-state index contributed by atoms with van der Waals surface area (Å²) in [5.41, 5.74) is 1.16. The Morgan fingerprint density at radius 2 is 2.08 bits per heavy atom. The molecule has 0 unspecified atom stereocenters. The first-order valence-electron chi connectivity index (χ1n) is 8.86. The zero-order valence-corrected chi connectivity index (χ0v) is 18.0. The number of rotatable bonds is 7. The van der Waals surface area contributed by atoms with Gasteiger partial charge < -0.3 is 20.3 Å². The maximum Gasteiger partial charge on any atom is 0.191 e. The molecule has 2 heterocycles. The highest BCUT2D eigenvalue weighted by atomic mass is 127. The summed E-state index contributed by atoms with van der Waals surface area (Å²) in [5, 5.41) is 6.58. The maximum atomic E-state index is 5.04. The number of methoxy groups -OCH3 is 1. The van der Waals surface area contributed by atoms with Gasteiger partial charge in [-0.25, -0.2) is 4.98 Å². The molecule has 1 aliphatic rings. The lowest BCUT2D eigenvalue weighted by atomic mass is 9.99. The maximum absolute atomic E-state index is 5.04. The molecule has 1 aliphatic heterocycles. The second-order valence-corrected chi connectivity index (χ2v) is 6.39. The van der Waals surface area contributed by atoms with Crippen LogP contribution in [0.5, 0.6) is 0 Å². The number of anilines is 1. The van der Waals surface area contributed by atoms with Gasteiger partial charge in [0.25, 0.3) is 0 Å². The predicted molar refractivity (Wildman–Crippen MR) is 115 cm³/mol. The average molecular weight is 461 g/mol. The number of aliphatic imine (C=N–C) groups is 1. The van der Waals surface area contributed by atoms with Gasteiger partial charge in [-0.15, -0.1) is 24.0 Å². The third-order valence-corrected chi connectivity index (χ3v) is 4.42. The Hall–Kier alpha value is -1.09. The highest BCUT2D eigenvalue weighted by Gasteiger charge is 2.16. The van der Waals surface area contributed by atoms with E-state index in [0.29, 0.717) is 6.54 Å². The van der Waals surface area contributed by atoms with Crippen LogP contribution < -0.4 is 15.5 Å². The summed E-state index contributed by atoms with van der Waals surface area (Å²) in [6.45, 7) is 6.88. The minimum atomic E-state index is 0. The monoisotopic (exact) mass is 461 g/mol. The normalized spacial score (nSPS) is 15.6. The SMILES string of the molecule is CN=C(NCCCOC)NCc1ccc(N2CCC(C)CC2)nc1.I. The van der Waals surface area contributed by atoms with Crippen molar-refractivity contribution >= 4 is 35.8 Å². The molecule has 2 rings (SSSR count). The molecule has 25 heavy (non-hydrogen) atoms. The van der Waals surface area contributed by atoms with Crippen molar-refractivity contribution in [2.75, 3.05) is 45.3 Å². The molecule has 1 aromatic heterocycles. The quantitative estimate of drug-likeness (QED) is 0.283. The summed E-state index contributed by atoms with van der Waals surface area (Å²) in [6, 6.07) is 4.27. The van der Waals surface area contributed by atoms with E-state index in [4.69, 9.17) is 4.74 Å². The number of piperidine rings is 1. The number of hydrogen-bond acceptors (Lipinski definition) is 4. The number of ether oxygens (including phenoxy) is 1. The summed E-state index contributed by atoms with van der Waals surface area (Å²) < 4.78 is 5.04. The lowest BCUT2D eigenvalue weighted by Crippen LogP contribution is -2.37. The lowest BCUT2D eigenvalue weighted by molar-refractivity contribution is 0.195. The molecule has 142 valence electrons. The van der Waals surface area contributed by atoms with Gasteiger partial charge in [-0.1, -0.05) is 13.0 Å². The summed E-state index contributed by atoms with van der Waals surface area (Å²) >= 11 is 0. The van der Waals surface area contributed by atoms with Crippen LogP contribution in [-0.4, -0.2) is 51.3 Å². The summed E-state index contributed by atoms with van der Waals surface area (Å²) in [7, 11) is 3.50. The highest BCUT2D eigenvalue weighted by Crippen LogP contribution is 2.21. The van der Waals surface area contributed by atoms with E-state index < -0.39 is 0 Å². The minimum absolute atomic E-state index is 0. The van der Waals surface area contributed by atoms with Crippen LogP contribution in [0.2, 0.25) is 0 Å². The third kappa shape index (κ3) is 7.77. The van der Waals surface area contributed by atoms with Gasteiger partial charge >= 0.3 is 0 Å². The molecule has 1 saturated heterocycles. The van der Waals surface area contributed by atoms with Crippen LogP contribution in [0, 0.1) is 5.92 Å². The number of nitrogens with one attached hydrogen (secondary N) is 2. The molecule has 6 nitrogen and oxygen atoms in total. The minimum Gasteiger partial charge on any atom is -0.385 e. The highest BCUT2D eigenvalue weighted by molar-refractivity contribution is 14.0. The zero-order chi connectivity index (χ0) is 17.2. The first kappa shape index (κ1) is 22.0. The van der Waals surface area contributed by atoms with Crippen LogP contribution in [0.15, 0.2) is 23.3 Å². The largest absolute Gasteiger partial charge is 0.385 e. The van der Waals surface area contributed by atoms with E-state index in [2.05, 4.69) is 44.6 Å². The number of halogens is 1. The molecule has 1 fully saturated rings. The Labute approximate surface area is 168 Å². The van der Waals surface area contributed by atoms with Crippen molar-refractivity contribution in [2.24, 2.45) is 10.9 Å². The van der Waals surface area contributed by atoms with Crippen molar-refractivity contribution in [3.8, 4) is 0 Å². The second kappa shape index (κ2) is 12.3. The van der Waals surface area contributed by atoms with Crippen molar-refractivity contribution in [2.45, 2.75) is 32.7 Å². The van der Waals surface area contributed by atoms with Gasteiger partial charge in [-0.2, -0.15) is 0 Å². The van der Waals surface area contributed by atoms with Gasteiger partial charge in [0.15, 0.2) is 5.96 Å². The Balaban J connectivity index is 0.00000312. The molecule has 0 saturated carbocycles. The van der Waals surface area contributed by atoms with Crippen LogP contribution in [0.25, 0.3) is 0 Å². The van der Waals surface area contributed by atoms with E-state index in [9.17, 15) is 0 Å². The first-order chi connectivity index (χ1) is 11.7.